The summed E-state index contributed by atoms with van der Waals surface area (Å²) in [6, 6.07) is 51.9. The van der Waals surface area contributed by atoms with Crippen molar-refractivity contribution in [1.29, 1.82) is 0 Å². The van der Waals surface area contributed by atoms with Crippen LogP contribution >= 0.6 is 0 Å². The summed E-state index contributed by atoms with van der Waals surface area (Å²) in [5.41, 5.74) is 11.8. The molecular weight excluding hydrogens is 718 g/mol. The quantitative estimate of drug-likeness (QED) is 0.169. The monoisotopic (exact) mass is 746 g/mol. The molecule has 226 valence electrons. The van der Waals surface area contributed by atoms with Crippen LogP contribution in [0.2, 0.25) is 0 Å². The summed E-state index contributed by atoms with van der Waals surface area (Å²) in [6.45, 7) is 0. The summed E-state index contributed by atoms with van der Waals surface area (Å²) >= 11 is 0.777. The fourth-order valence-electron chi connectivity index (χ4n) is 7.51. The molecule has 0 bridgehead atoms. The third-order valence-electron chi connectivity index (χ3n) is 9.53. The van der Waals surface area contributed by atoms with Gasteiger partial charge in [0.2, 0.25) is 0 Å². The first-order valence-corrected chi connectivity index (χ1v) is 19.6. The molecular formula is C42H26N4Se2. The van der Waals surface area contributed by atoms with Gasteiger partial charge < -0.3 is 0 Å². The average molecular weight is 745 g/mol. The zero-order valence-electron chi connectivity index (χ0n) is 25.6. The molecule has 0 saturated carbocycles. The third-order valence-corrected chi connectivity index (χ3v) is 14.1. The molecule has 1 aliphatic carbocycles. The van der Waals surface area contributed by atoms with Crippen molar-refractivity contribution in [3.8, 4) is 43.0 Å². The van der Waals surface area contributed by atoms with Crippen molar-refractivity contribution in [3.63, 3.8) is 0 Å². The van der Waals surface area contributed by atoms with Crippen molar-refractivity contribution < 1.29 is 0 Å². The van der Waals surface area contributed by atoms with Crippen molar-refractivity contribution in [2.75, 3.05) is 4.90 Å². The van der Waals surface area contributed by atoms with Gasteiger partial charge in [0.05, 0.1) is 0 Å². The number of aromatic nitrogens is 3. The van der Waals surface area contributed by atoms with E-state index >= 15 is 0 Å². The summed E-state index contributed by atoms with van der Waals surface area (Å²) in [7, 11) is 0. The Morgan fingerprint density at radius 1 is 0.396 bits per heavy atom. The van der Waals surface area contributed by atoms with E-state index in [-0.39, 0.29) is 5.41 Å². The molecule has 0 N–H and O–H groups in total. The van der Waals surface area contributed by atoms with E-state index in [1.54, 1.807) is 8.87 Å². The number of hydrogen-bond acceptors (Lipinski definition) is 4. The van der Waals surface area contributed by atoms with E-state index in [2.05, 4.69) is 99.7 Å². The van der Waals surface area contributed by atoms with Crippen molar-refractivity contribution in [2.45, 2.75) is 5.41 Å². The second-order valence-electron chi connectivity index (χ2n) is 12.0. The van der Waals surface area contributed by atoms with Crippen LogP contribution in [0.5, 0.6) is 0 Å². The molecule has 4 nitrogen and oxygen atoms in total. The Hall–Kier alpha value is -5.09. The molecule has 3 aromatic heterocycles. The number of anilines is 3. The molecule has 0 saturated heterocycles. The first-order valence-electron chi connectivity index (χ1n) is 15.9. The van der Waals surface area contributed by atoms with Crippen LogP contribution in [0.1, 0.15) is 22.3 Å². The van der Waals surface area contributed by atoms with Crippen LogP contribution in [-0.4, -0.2) is 44.0 Å². The van der Waals surface area contributed by atoms with E-state index in [0.717, 1.165) is 22.4 Å². The Kier molecular flexibility index (Phi) is 6.40. The summed E-state index contributed by atoms with van der Waals surface area (Å²) in [5.74, 6) is 1.98. The van der Waals surface area contributed by atoms with E-state index in [9.17, 15) is 0 Å². The molecule has 48 heavy (non-hydrogen) atoms. The van der Waals surface area contributed by atoms with Crippen LogP contribution in [0, 0.1) is 0 Å². The zero-order chi connectivity index (χ0) is 31.7. The van der Waals surface area contributed by atoms with E-state index in [0.29, 0.717) is 46.5 Å². The first kappa shape index (κ1) is 28.0. The summed E-state index contributed by atoms with van der Waals surface area (Å²) in [4.78, 5) is 22.1. The van der Waals surface area contributed by atoms with Gasteiger partial charge >= 0.3 is 204 Å². The Morgan fingerprint density at radius 3 is 1.29 bits per heavy atom. The summed E-state index contributed by atoms with van der Waals surface area (Å²) in [6.07, 6.45) is 0. The van der Waals surface area contributed by atoms with Crippen molar-refractivity contribution >= 4 is 46.1 Å². The van der Waals surface area contributed by atoms with E-state index in [1.807, 2.05) is 60.7 Å². The van der Waals surface area contributed by atoms with Crippen LogP contribution in [0.3, 0.4) is 0 Å². The number of benzene rings is 5. The van der Waals surface area contributed by atoms with Gasteiger partial charge in [-0.25, -0.2) is 4.98 Å². The van der Waals surface area contributed by atoms with Gasteiger partial charge in [0.25, 0.3) is 0 Å². The van der Waals surface area contributed by atoms with E-state index in [1.165, 1.54) is 33.6 Å². The van der Waals surface area contributed by atoms with Gasteiger partial charge in [0, 0.05) is 11.1 Å². The van der Waals surface area contributed by atoms with Crippen LogP contribution in [0.15, 0.2) is 155 Å². The molecule has 0 amide bonds. The average Bonchev–Trinajstić information content (AvgIpc) is 3.90. The number of nitrogens with zero attached hydrogens (tertiary/aromatic N) is 4. The molecule has 6 heteroatoms. The van der Waals surface area contributed by atoms with Gasteiger partial charge in [-0.05, 0) is 0 Å². The minimum atomic E-state index is -0.273. The molecule has 0 fully saturated rings. The van der Waals surface area contributed by atoms with Crippen molar-refractivity contribution in [1.82, 2.24) is 15.0 Å². The molecule has 4 heterocycles. The molecule has 8 aromatic rings. The summed E-state index contributed by atoms with van der Waals surface area (Å²) < 4.78 is 3.21. The fourth-order valence-corrected chi connectivity index (χ4v) is 12.4. The predicted octanol–water partition coefficient (Wildman–Crippen LogP) is 9.13. The second-order valence-corrected chi connectivity index (χ2v) is 15.9. The van der Waals surface area contributed by atoms with Gasteiger partial charge in [0.1, 0.15) is 0 Å². The van der Waals surface area contributed by atoms with Gasteiger partial charge in [-0.2, -0.15) is 0 Å². The number of para-hydroxylation sites is 2. The fraction of sp³-hybridized carbons (Fsp3) is 0.0238. The number of hydrogen-bond donors (Lipinski definition) is 0. The molecule has 0 atom stereocenters. The van der Waals surface area contributed by atoms with Crippen molar-refractivity contribution in [2.24, 2.45) is 0 Å². The smallest absolute Gasteiger partial charge is 0.0615 e. The van der Waals surface area contributed by atoms with Crippen LogP contribution in [-0.2, 0) is 5.41 Å². The third kappa shape index (κ3) is 4.05. The Morgan fingerprint density at radius 2 is 0.812 bits per heavy atom. The first-order chi connectivity index (χ1) is 23.8. The Balaban J connectivity index is 1.12. The molecule has 5 aromatic carbocycles. The maximum atomic E-state index is 4.97. The standard InChI is InChI=1S/C42H26N4Se2/c1-3-11-27(12-4-1)39-43-40(28-13-5-2-6-14-28)45-41(44-39)29-19-21-30(22-20-29)46-35-17-9-7-15-31(35)42(32-16-8-10-18-36(32)46)33-23-25-47-37(33)38-34(42)24-26-48-38/h1-26H. The predicted molar refractivity (Wildman–Crippen MR) is 196 cm³/mol. The number of fused-ring (bicyclic) bond motifs is 9. The second kappa shape index (κ2) is 11.0. The minimum absolute atomic E-state index is 0.273. The molecule has 10 rings (SSSR count). The SMILES string of the molecule is c1ccc(-c2nc(-c3ccccc3)nc(-c3ccc(N4c5ccccc5C5(c6ccccc64)c4cc[se]c4-c4[se]ccc45)cc3)n2)cc1. The Bertz CT molecular complexity index is 2320. The van der Waals surface area contributed by atoms with E-state index < -0.39 is 0 Å². The number of rotatable bonds is 4. The topological polar surface area (TPSA) is 41.9 Å². The van der Waals surface area contributed by atoms with Gasteiger partial charge in [-0.15, -0.1) is 0 Å². The molecule has 0 unspecified atom stereocenters. The van der Waals surface area contributed by atoms with E-state index in [4.69, 9.17) is 15.0 Å². The molecule has 0 radical (unpaired) electrons. The molecule has 1 spiro atoms. The summed E-state index contributed by atoms with van der Waals surface area (Å²) in [5, 5.41) is 0. The van der Waals surface area contributed by atoms with Crippen LogP contribution in [0.25, 0.3) is 43.0 Å². The van der Waals surface area contributed by atoms with Crippen LogP contribution in [0.4, 0.5) is 17.1 Å². The van der Waals surface area contributed by atoms with Gasteiger partial charge in [-0.1, -0.05) is 60.7 Å². The Labute approximate surface area is 290 Å². The van der Waals surface area contributed by atoms with Crippen molar-refractivity contribution in [3.05, 3.63) is 178 Å². The zero-order valence-corrected chi connectivity index (χ0v) is 29.0. The maximum absolute atomic E-state index is 4.97. The van der Waals surface area contributed by atoms with Crippen LogP contribution < -0.4 is 4.90 Å². The molecule has 2 aliphatic rings. The minimum Gasteiger partial charge on any atom is -0.0615 e. The van der Waals surface area contributed by atoms with Gasteiger partial charge in [0.15, 0.2) is 11.6 Å². The normalized spacial score (nSPS) is 13.5. The molecule has 1 aliphatic heterocycles. The van der Waals surface area contributed by atoms with Gasteiger partial charge in [-0.3, -0.25) is 0 Å².